The summed E-state index contributed by atoms with van der Waals surface area (Å²) in [4.78, 5) is 12.5. The summed E-state index contributed by atoms with van der Waals surface area (Å²) in [7, 11) is 1.66. The van der Waals surface area contributed by atoms with E-state index in [0.717, 1.165) is 33.2 Å². The Hall–Kier alpha value is -3.34. The van der Waals surface area contributed by atoms with Gasteiger partial charge in [0, 0.05) is 0 Å². The molecule has 5 nitrogen and oxygen atoms in total. The highest BCUT2D eigenvalue weighted by molar-refractivity contribution is 6.01. The molecular weight excluding hydrogens is 352 g/mol. The first kappa shape index (κ1) is 19.4. The van der Waals surface area contributed by atoms with Crippen LogP contribution in [0.3, 0.4) is 0 Å². The number of methoxy groups -OCH3 is 1. The van der Waals surface area contributed by atoms with E-state index >= 15 is 0 Å². The predicted molar refractivity (Wildman–Crippen MR) is 112 cm³/mol. The van der Waals surface area contributed by atoms with Gasteiger partial charge in [-0.15, -0.1) is 0 Å². The summed E-state index contributed by atoms with van der Waals surface area (Å²) in [5.41, 5.74) is 5.65. The summed E-state index contributed by atoms with van der Waals surface area (Å²) in [6.07, 6.45) is 1.61. The summed E-state index contributed by atoms with van der Waals surface area (Å²) >= 11 is 0. The standard InChI is InChI=1S/C23H24N2O3/c1-14(2)19-11-18(15(3)9-22(19)28-4)13-24-25-23(27)20-10-16-7-5-6-8-17(16)12-21(20)26/h5-14,26H,1-4H3,(H,25,27). The normalized spacial score (nSPS) is 11.3. The zero-order valence-electron chi connectivity index (χ0n) is 16.5. The fourth-order valence-corrected chi connectivity index (χ4v) is 3.11. The Balaban J connectivity index is 1.82. The number of hydrogen-bond donors (Lipinski definition) is 2. The fraction of sp³-hybridized carbons (Fsp3) is 0.217. The Kier molecular flexibility index (Phi) is 5.64. The van der Waals surface area contributed by atoms with Crippen LogP contribution in [0, 0.1) is 6.92 Å². The van der Waals surface area contributed by atoms with Gasteiger partial charge >= 0.3 is 0 Å². The third kappa shape index (κ3) is 3.98. The SMILES string of the molecule is COc1cc(C)c(C=NNC(=O)c2cc3ccccc3cc2O)cc1C(C)C. The number of amides is 1. The Morgan fingerprint density at radius 3 is 2.46 bits per heavy atom. The molecule has 144 valence electrons. The van der Waals surface area contributed by atoms with Crippen molar-refractivity contribution < 1.29 is 14.6 Å². The largest absolute Gasteiger partial charge is 0.507 e. The third-order valence-electron chi connectivity index (χ3n) is 4.72. The van der Waals surface area contributed by atoms with Gasteiger partial charge in [-0.1, -0.05) is 38.1 Å². The van der Waals surface area contributed by atoms with Gasteiger partial charge in [0.2, 0.25) is 0 Å². The molecule has 0 radical (unpaired) electrons. The smallest absolute Gasteiger partial charge is 0.275 e. The lowest BCUT2D eigenvalue weighted by Gasteiger charge is -2.14. The minimum atomic E-state index is -0.463. The van der Waals surface area contributed by atoms with Gasteiger partial charge in [0.05, 0.1) is 18.9 Å². The first-order chi connectivity index (χ1) is 13.4. The number of ether oxygens (including phenoxy) is 1. The number of aryl methyl sites for hydroxylation is 1. The number of rotatable bonds is 5. The number of nitrogens with zero attached hydrogens (tertiary/aromatic N) is 1. The molecule has 28 heavy (non-hydrogen) atoms. The molecule has 0 heterocycles. The first-order valence-corrected chi connectivity index (χ1v) is 9.14. The molecule has 0 aliphatic heterocycles. The quantitative estimate of drug-likeness (QED) is 0.499. The number of carbonyl (C=O) groups excluding carboxylic acids is 1. The number of aromatic hydroxyl groups is 1. The van der Waals surface area contributed by atoms with Crippen molar-refractivity contribution in [2.24, 2.45) is 5.10 Å². The molecular formula is C23H24N2O3. The van der Waals surface area contributed by atoms with E-state index in [0.29, 0.717) is 5.92 Å². The van der Waals surface area contributed by atoms with Crippen LogP contribution in [-0.2, 0) is 0 Å². The van der Waals surface area contributed by atoms with Gasteiger partial charge in [0.15, 0.2) is 0 Å². The molecule has 0 aliphatic carbocycles. The zero-order valence-corrected chi connectivity index (χ0v) is 16.5. The summed E-state index contributed by atoms with van der Waals surface area (Å²) in [5.74, 6) is 0.602. The Bertz CT molecular complexity index is 1060. The highest BCUT2D eigenvalue weighted by Gasteiger charge is 2.13. The number of hydrazone groups is 1. The minimum absolute atomic E-state index is 0.0749. The summed E-state index contributed by atoms with van der Waals surface area (Å²) in [5, 5.41) is 16.0. The molecule has 3 aromatic carbocycles. The van der Waals surface area contributed by atoms with Crippen molar-refractivity contribution in [1.82, 2.24) is 5.43 Å². The molecule has 0 aliphatic rings. The monoisotopic (exact) mass is 376 g/mol. The summed E-state index contributed by atoms with van der Waals surface area (Å²) < 4.78 is 5.45. The van der Waals surface area contributed by atoms with Crippen LogP contribution in [0.4, 0.5) is 0 Å². The number of fused-ring (bicyclic) bond motifs is 1. The van der Waals surface area contributed by atoms with E-state index in [-0.39, 0.29) is 11.3 Å². The van der Waals surface area contributed by atoms with Crippen molar-refractivity contribution >= 4 is 22.9 Å². The molecule has 0 unspecified atom stereocenters. The van der Waals surface area contributed by atoms with Crippen molar-refractivity contribution in [1.29, 1.82) is 0 Å². The number of phenols is 1. The van der Waals surface area contributed by atoms with Crippen molar-refractivity contribution in [3.8, 4) is 11.5 Å². The Labute approximate surface area is 164 Å². The van der Waals surface area contributed by atoms with Gasteiger partial charge in [-0.05, 0) is 64.6 Å². The van der Waals surface area contributed by atoms with Gasteiger partial charge < -0.3 is 9.84 Å². The van der Waals surface area contributed by atoms with Crippen LogP contribution in [-0.4, -0.2) is 24.3 Å². The third-order valence-corrected chi connectivity index (χ3v) is 4.72. The summed E-state index contributed by atoms with van der Waals surface area (Å²) in [6, 6.07) is 14.8. The highest BCUT2D eigenvalue weighted by atomic mass is 16.5. The topological polar surface area (TPSA) is 70.9 Å². The van der Waals surface area contributed by atoms with Crippen molar-refractivity contribution in [2.75, 3.05) is 7.11 Å². The van der Waals surface area contributed by atoms with Crippen LogP contribution in [0.2, 0.25) is 0 Å². The molecule has 0 saturated heterocycles. The van der Waals surface area contributed by atoms with E-state index in [4.69, 9.17) is 4.74 Å². The number of benzene rings is 3. The van der Waals surface area contributed by atoms with Crippen LogP contribution in [0.15, 0.2) is 53.6 Å². The molecule has 5 heteroatoms. The molecule has 3 aromatic rings. The second-order valence-electron chi connectivity index (χ2n) is 7.02. The van der Waals surface area contributed by atoms with Crippen LogP contribution in [0.5, 0.6) is 11.5 Å². The van der Waals surface area contributed by atoms with Crippen LogP contribution in [0.25, 0.3) is 10.8 Å². The molecule has 0 saturated carbocycles. The average Bonchev–Trinajstić information content (AvgIpc) is 2.67. The molecule has 2 N–H and O–H groups in total. The lowest BCUT2D eigenvalue weighted by molar-refractivity contribution is 0.0952. The minimum Gasteiger partial charge on any atom is -0.507 e. The van der Waals surface area contributed by atoms with Crippen molar-refractivity contribution in [2.45, 2.75) is 26.7 Å². The molecule has 0 atom stereocenters. The second-order valence-corrected chi connectivity index (χ2v) is 7.02. The molecule has 1 amide bonds. The highest BCUT2D eigenvalue weighted by Crippen LogP contribution is 2.29. The lowest BCUT2D eigenvalue weighted by atomic mass is 9.97. The number of phenolic OH excluding ortho intramolecular Hbond substituents is 1. The fourth-order valence-electron chi connectivity index (χ4n) is 3.11. The number of carbonyl (C=O) groups is 1. The van der Waals surface area contributed by atoms with Gasteiger partial charge in [-0.25, -0.2) is 5.43 Å². The van der Waals surface area contributed by atoms with Crippen molar-refractivity contribution in [3.63, 3.8) is 0 Å². The molecule has 0 fully saturated rings. The molecule has 3 rings (SSSR count). The zero-order chi connectivity index (χ0) is 20.3. The van der Waals surface area contributed by atoms with E-state index in [1.165, 1.54) is 0 Å². The number of hydrogen-bond acceptors (Lipinski definition) is 4. The molecule has 0 aromatic heterocycles. The predicted octanol–water partition coefficient (Wildman–Crippen LogP) is 4.75. The van der Waals surface area contributed by atoms with Crippen LogP contribution >= 0.6 is 0 Å². The van der Waals surface area contributed by atoms with Crippen LogP contribution < -0.4 is 10.2 Å². The lowest BCUT2D eigenvalue weighted by Crippen LogP contribution is -2.18. The van der Waals surface area contributed by atoms with E-state index in [1.807, 2.05) is 43.3 Å². The van der Waals surface area contributed by atoms with Gasteiger partial charge in [-0.2, -0.15) is 5.10 Å². The second kappa shape index (κ2) is 8.13. The summed E-state index contributed by atoms with van der Waals surface area (Å²) in [6.45, 7) is 6.15. The van der Waals surface area contributed by atoms with E-state index in [1.54, 1.807) is 25.5 Å². The van der Waals surface area contributed by atoms with E-state index < -0.39 is 5.91 Å². The maximum atomic E-state index is 12.5. The number of nitrogens with one attached hydrogen (secondary N) is 1. The molecule has 0 bridgehead atoms. The Morgan fingerprint density at radius 1 is 1.14 bits per heavy atom. The van der Waals surface area contributed by atoms with Gasteiger partial charge in [0.25, 0.3) is 5.91 Å². The maximum absolute atomic E-state index is 12.5. The van der Waals surface area contributed by atoms with Gasteiger partial charge in [-0.3, -0.25) is 4.79 Å². The van der Waals surface area contributed by atoms with Crippen LogP contribution in [0.1, 0.15) is 46.8 Å². The van der Waals surface area contributed by atoms with E-state index in [2.05, 4.69) is 24.4 Å². The Morgan fingerprint density at radius 2 is 1.82 bits per heavy atom. The first-order valence-electron chi connectivity index (χ1n) is 9.14. The van der Waals surface area contributed by atoms with Gasteiger partial charge in [0.1, 0.15) is 11.5 Å². The maximum Gasteiger partial charge on any atom is 0.275 e. The van der Waals surface area contributed by atoms with Crippen molar-refractivity contribution in [3.05, 3.63) is 70.8 Å². The molecule has 0 spiro atoms. The van der Waals surface area contributed by atoms with E-state index in [9.17, 15) is 9.90 Å². The average molecular weight is 376 g/mol.